The van der Waals surface area contributed by atoms with Crippen LogP contribution in [0.25, 0.3) is 0 Å². The molecule has 2 N–H and O–H groups in total. The van der Waals surface area contributed by atoms with Crippen LogP contribution in [0.1, 0.15) is 31.4 Å². The van der Waals surface area contributed by atoms with Crippen LogP contribution in [0.3, 0.4) is 0 Å². The molecule has 0 spiro atoms. The molecule has 0 saturated carbocycles. The van der Waals surface area contributed by atoms with Crippen molar-refractivity contribution in [1.82, 2.24) is 10.6 Å². The van der Waals surface area contributed by atoms with Crippen LogP contribution in [-0.4, -0.2) is 24.6 Å². The summed E-state index contributed by atoms with van der Waals surface area (Å²) in [5, 5.41) is 5.60. The van der Waals surface area contributed by atoms with Crippen molar-refractivity contribution in [1.29, 1.82) is 0 Å². The van der Waals surface area contributed by atoms with E-state index in [1.807, 2.05) is 60.7 Å². The van der Waals surface area contributed by atoms with Gasteiger partial charge in [0.05, 0.1) is 0 Å². The molecule has 0 unspecified atom stereocenters. The van der Waals surface area contributed by atoms with E-state index in [-0.39, 0.29) is 12.5 Å². The third-order valence-electron chi connectivity index (χ3n) is 4.12. The molecule has 0 heterocycles. The molecule has 0 aliphatic rings. The first-order valence-corrected chi connectivity index (χ1v) is 9.33. The summed E-state index contributed by atoms with van der Waals surface area (Å²) in [5.74, 6) is 0.304. The predicted molar refractivity (Wildman–Crippen MR) is 106 cm³/mol. The van der Waals surface area contributed by atoms with Gasteiger partial charge in [0.1, 0.15) is 12.6 Å². The third-order valence-corrected chi connectivity index (χ3v) is 4.12. The van der Waals surface area contributed by atoms with Gasteiger partial charge in [-0.3, -0.25) is 4.79 Å². The van der Waals surface area contributed by atoms with E-state index < -0.39 is 12.1 Å². The van der Waals surface area contributed by atoms with Crippen molar-refractivity contribution in [3.8, 4) is 0 Å². The topological polar surface area (TPSA) is 67.4 Å². The largest absolute Gasteiger partial charge is 0.445 e. The fourth-order valence-corrected chi connectivity index (χ4v) is 2.57. The third kappa shape index (κ3) is 7.94. The summed E-state index contributed by atoms with van der Waals surface area (Å²) in [4.78, 5) is 24.7. The van der Waals surface area contributed by atoms with Gasteiger partial charge in [0.25, 0.3) is 0 Å². The monoisotopic (exact) mass is 368 g/mol. The molecule has 0 aromatic heterocycles. The lowest BCUT2D eigenvalue weighted by Crippen LogP contribution is -2.48. The van der Waals surface area contributed by atoms with Crippen molar-refractivity contribution in [2.24, 2.45) is 5.92 Å². The molecule has 0 bridgehead atoms. The van der Waals surface area contributed by atoms with E-state index in [9.17, 15) is 9.59 Å². The van der Waals surface area contributed by atoms with E-state index in [1.54, 1.807) is 0 Å². The second-order valence-corrected chi connectivity index (χ2v) is 6.92. The lowest BCUT2D eigenvalue weighted by molar-refractivity contribution is -0.123. The molecule has 144 valence electrons. The molecule has 27 heavy (non-hydrogen) atoms. The van der Waals surface area contributed by atoms with Gasteiger partial charge in [0.15, 0.2) is 0 Å². The molecule has 5 heteroatoms. The molecule has 0 radical (unpaired) electrons. The smallest absolute Gasteiger partial charge is 0.408 e. The average Bonchev–Trinajstić information content (AvgIpc) is 2.67. The molecule has 2 rings (SSSR count). The Labute approximate surface area is 161 Å². The van der Waals surface area contributed by atoms with Crippen LogP contribution in [0, 0.1) is 5.92 Å². The molecular formula is C22H28N2O3. The van der Waals surface area contributed by atoms with E-state index in [4.69, 9.17) is 4.74 Å². The van der Waals surface area contributed by atoms with Crippen molar-refractivity contribution in [2.45, 2.75) is 39.3 Å². The predicted octanol–water partition coefficient (Wildman–Crippen LogP) is 3.69. The number of carbonyl (C=O) groups is 2. The highest BCUT2D eigenvalue weighted by atomic mass is 16.5. The molecule has 1 atom stereocenters. The highest BCUT2D eigenvalue weighted by Crippen LogP contribution is 2.06. The summed E-state index contributed by atoms with van der Waals surface area (Å²) in [6.45, 7) is 4.96. The maximum atomic E-state index is 12.6. The molecule has 0 aliphatic carbocycles. The van der Waals surface area contributed by atoms with Crippen LogP contribution < -0.4 is 10.6 Å². The minimum atomic E-state index is -0.678. The normalized spacial score (nSPS) is 11.7. The Morgan fingerprint density at radius 3 is 2.11 bits per heavy atom. The lowest BCUT2D eigenvalue weighted by Gasteiger charge is -2.19. The van der Waals surface area contributed by atoms with Gasteiger partial charge in [-0.2, -0.15) is 0 Å². The van der Waals surface area contributed by atoms with Gasteiger partial charge in [0.2, 0.25) is 5.91 Å². The summed E-state index contributed by atoms with van der Waals surface area (Å²) < 4.78 is 5.26. The number of rotatable bonds is 9. The van der Waals surface area contributed by atoms with Crippen LogP contribution in [0.4, 0.5) is 4.79 Å². The zero-order chi connectivity index (χ0) is 19.5. The van der Waals surface area contributed by atoms with Gasteiger partial charge >= 0.3 is 6.09 Å². The van der Waals surface area contributed by atoms with E-state index >= 15 is 0 Å². The zero-order valence-corrected chi connectivity index (χ0v) is 16.0. The molecule has 2 aromatic rings. The highest BCUT2D eigenvalue weighted by Gasteiger charge is 2.21. The second-order valence-electron chi connectivity index (χ2n) is 6.92. The minimum Gasteiger partial charge on any atom is -0.445 e. The van der Waals surface area contributed by atoms with Crippen molar-refractivity contribution < 1.29 is 14.3 Å². The van der Waals surface area contributed by atoms with Crippen molar-refractivity contribution >= 4 is 12.0 Å². The number of hydrogen-bond acceptors (Lipinski definition) is 3. The molecular weight excluding hydrogens is 340 g/mol. The van der Waals surface area contributed by atoms with Gasteiger partial charge in [0, 0.05) is 13.0 Å². The van der Waals surface area contributed by atoms with Crippen LogP contribution in [0.15, 0.2) is 60.7 Å². The average molecular weight is 368 g/mol. The Morgan fingerprint density at radius 2 is 1.52 bits per heavy atom. The molecule has 0 saturated heterocycles. The molecule has 0 aliphatic heterocycles. The summed E-state index contributed by atoms with van der Waals surface area (Å²) in [6.07, 6.45) is 0.704. The van der Waals surface area contributed by atoms with Crippen LogP contribution in [0.2, 0.25) is 0 Å². The SMILES string of the molecule is CC(C)CCNC(=O)[C@H](Cc1ccccc1)NC(=O)OCc1ccccc1. The number of carbonyl (C=O) groups excluding carboxylic acids is 2. The Morgan fingerprint density at radius 1 is 0.926 bits per heavy atom. The van der Waals surface area contributed by atoms with Crippen molar-refractivity contribution in [2.75, 3.05) is 6.54 Å². The Hall–Kier alpha value is -2.82. The van der Waals surface area contributed by atoms with Crippen LogP contribution in [0.5, 0.6) is 0 Å². The second kappa shape index (κ2) is 11.0. The standard InChI is InChI=1S/C22H28N2O3/c1-17(2)13-14-23-21(25)20(15-18-9-5-3-6-10-18)24-22(26)27-16-19-11-7-4-8-12-19/h3-12,17,20H,13-16H2,1-2H3,(H,23,25)(H,24,26)/t20-/m0/s1. The number of benzene rings is 2. The maximum Gasteiger partial charge on any atom is 0.408 e. The maximum absolute atomic E-state index is 12.6. The quantitative estimate of drug-likeness (QED) is 0.709. The molecule has 2 aromatic carbocycles. The number of ether oxygens (including phenoxy) is 1. The van der Waals surface area contributed by atoms with E-state index in [0.29, 0.717) is 18.9 Å². The first-order valence-electron chi connectivity index (χ1n) is 9.33. The van der Waals surface area contributed by atoms with Gasteiger partial charge in [-0.1, -0.05) is 74.5 Å². The fourth-order valence-electron chi connectivity index (χ4n) is 2.57. The summed E-state index contributed by atoms with van der Waals surface area (Å²) in [6, 6.07) is 18.4. The summed E-state index contributed by atoms with van der Waals surface area (Å²) in [5.41, 5.74) is 1.87. The van der Waals surface area contributed by atoms with Gasteiger partial charge < -0.3 is 15.4 Å². The Bertz CT molecular complexity index is 702. The van der Waals surface area contributed by atoms with Crippen molar-refractivity contribution in [3.05, 3.63) is 71.8 Å². The van der Waals surface area contributed by atoms with Crippen LogP contribution >= 0.6 is 0 Å². The Kier molecular flexibility index (Phi) is 8.36. The first kappa shape index (κ1) is 20.5. The van der Waals surface area contributed by atoms with Crippen LogP contribution in [-0.2, 0) is 22.6 Å². The van der Waals surface area contributed by atoms with E-state index in [0.717, 1.165) is 17.5 Å². The number of alkyl carbamates (subject to hydrolysis) is 1. The molecule has 2 amide bonds. The highest BCUT2D eigenvalue weighted by molar-refractivity contribution is 5.85. The van der Waals surface area contributed by atoms with Crippen molar-refractivity contribution in [3.63, 3.8) is 0 Å². The molecule has 0 fully saturated rings. The molecule has 5 nitrogen and oxygen atoms in total. The van der Waals surface area contributed by atoms with Gasteiger partial charge in [-0.25, -0.2) is 4.79 Å². The summed E-state index contributed by atoms with van der Waals surface area (Å²) in [7, 11) is 0. The minimum absolute atomic E-state index is 0.166. The van der Waals surface area contributed by atoms with Gasteiger partial charge in [-0.15, -0.1) is 0 Å². The first-order chi connectivity index (χ1) is 13.0. The number of amides is 2. The summed E-state index contributed by atoms with van der Waals surface area (Å²) >= 11 is 0. The lowest BCUT2D eigenvalue weighted by atomic mass is 10.1. The Balaban J connectivity index is 1.93. The van der Waals surface area contributed by atoms with Gasteiger partial charge in [-0.05, 0) is 23.5 Å². The number of hydrogen-bond donors (Lipinski definition) is 2. The number of nitrogens with one attached hydrogen (secondary N) is 2. The fraction of sp³-hybridized carbons (Fsp3) is 0.364. The van der Waals surface area contributed by atoms with E-state index in [2.05, 4.69) is 24.5 Å². The van der Waals surface area contributed by atoms with E-state index in [1.165, 1.54) is 0 Å². The zero-order valence-electron chi connectivity index (χ0n) is 16.0.